The molecule has 0 spiro atoms. The Kier molecular flexibility index (Phi) is 3.31. The van der Waals surface area contributed by atoms with Crippen LogP contribution in [-0.4, -0.2) is 54.3 Å². The van der Waals surface area contributed by atoms with Crippen LogP contribution in [0.5, 0.6) is 5.75 Å². The van der Waals surface area contributed by atoms with Crippen LogP contribution in [0.15, 0.2) is 24.3 Å². The Bertz CT molecular complexity index is 544. The van der Waals surface area contributed by atoms with Crippen molar-refractivity contribution in [1.82, 2.24) is 4.90 Å². The minimum atomic E-state index is -1.04. The van der Waals surface area contributed by atoms with Crippen molar-refractivity contribution >= 4 is 11.9 Å². The average Bonchev–Trinajstić information content (AvgIpc) is 2.90. The molecule has 1 saturated heterocycles. The zero-order chi connectivity index (χ0) is 14.1. The SMILES string of the molecule is O=C(O)[C@H]1COCCN1C(=O)[C@@H]1COc2ccccc21. The molecule has 6 nitrogen and oxygen atoms in total. The lowest BCUT2D eigenvalue weighted by Crippen LogP contribution is -2.54. The van der Waals surface area contributed by atoms with Crippen LogP contribution in [0.3, 0.4) is 0 Å². The van der Waals surface area contributed by atoms with Gasteiger partial charge in [-0.05, 0) is 6.07 Å². The highest BCUT2D eigenvalue weighted by atomic mass is 16.5. The number of fused-ring (bicyclic) bond motifs is 1. The fourth-order valence-electron chi connectivity index (χ4n) is 2.64. The maximum absolute atomic E-state index is 12.6. The third kappa shape index (κ3) is 2.12. The molecule has 2 atom stereocenters. The van der Waals surface area contributed by atoms with Crippen LogP contribution in [0.25, 0.3) is 0 Å². The second kappa shape index (κ2) is 5.13. The Morgan fingerprint density at radius 3 is 2.85 bits per heavy atom. The number of carbonyl (C=O) groups excluding carboxylic acids is 1. The minimum Gasteiger partial charge on any atom is -0.492 e. The Balaban J connectivity index is 1.84. The van der Waals surface area contributed by atoms with Gasteiger partial charge in [0.05, 0.1) is 13.2 Å². The van der Waals surface area contributed by atoms with Gasteiger partial charge in [0.1, 0.15) is 18.3 Å². The fourth-order valence-corrected chi connectivity index (χ4v) is 2.64. The van der Waals surface area contributed by atoms with E-state index in [2.05, 4.69) is 0 Å². The maximum Gasteiger partial charge on any atom is 0.328 e. The molecule has 1 aromatic rings. The highest BCUT2D eigenvalue weighted by Crippen LogP contribution is 2.35. The van der Waals surface area contributed by atoms with Crippen LogP contribution in [0.2, 0.25) is 0 Å². The number of benzene rings is 1. The molecule has 1 aromatic carbocycles. The van der Waals surface area contributed by atoms with Crippen molar-refractivity contribution in [2.24, 2.45) is 0 Å². The molecule has 1 N–H and O–H groups in total. The van der Waals surface area contributed by atoms with Gasteiger partial charge in [0.25, 0.3) is 0 Å². The second-order valence-corrected chi connectivity index (χ2v) is 4.86. The third-order valence-corrected chi connectivity index (χ3v) is 3.69. The largest absolute Gasteiger partial charge is 0.492 e. The number of amides is 1. The summed E-state index contributed by atoms with van der Waals surface area (Å²) in [7, 11) is 0. The van der Waals surface area contributed by atoms with E-state index in [4.69, 9.17) is 9.47 Å². The minimum absolute atomic E-state index is 0.0380. The van der Waals surface area contributed by atoms with Crippen LogP contribution < -0.4 is 4.74 Å². The summed E-state index contributed by atoms with van der Waals surface area (Å²) in [5, 5.41) is 9.19. The van der Waals surface area contributed by atoms with Crippen LogP contribution in [0.1, 0.15) is 11.5 Å². The molecule has 2 aliphatic rings. The van der Waals surface area contributed by atoms with Gasteiger partial charge in [-0.2, -0.15) is 0 Å². The maximum atomic E-state index is 12.6. The van der Waals surface area contributed by atoms with Crippen molar-refractivity contribution in [2.45, 2.75) is 12.0 Å². The van der Waals surface area contributed by atoms with E-state index in [0.29, 0.717) is 18.9 Å². The molecular weight excluding hydrogens is 262 g/mol. The van der Waals surface area contributed by atoms with Crippen molar-refractivity contribution in [3.05, 3.63) is 29.8 Å². The number of aliphatic carboxylic acids is 1. The Morgan fingerprint density at radius 2 is 2.05 bits per heavy atom. The molecule has 3 rings (SSSR count). The molecule has 0 unspecified atom stereocenters. The van der Waals surface area contributed by atoms with Crippen LogP contribution in [0.4, 0.5) is 0 Å². The summed E-state index contributed by atoms with van der Waals surface area (Å²) in [6, 6.07) is 6.45. The van der Waals surface area contributed by atoms with E-state index < -0.39 is 17.9 Å². The Morgan fingerprint density at radius 1 is 1.25 bits per heavy atom. The van der Waals surface area contributed by atoms with Gasteiger partial charge < -0.3 is 19.5 Å². The number of nitrogens with zero attached hydrogens (tertiary/aromatic N) is 1. The van der Waals surface area contributed by atoms with Crippen LogP contribution >= 0.6 is 0 Å². The molecule has 0 saturated carbocycles. The first kappa shape index (κ1) is 12.9. The average molecular weight is 277 g/mol. The third-order valence-electron chi connectivity index (χ3n) is 3.69. The number of carbonyl (C=O) groups is 2. The lowest BCUT2D eigenvalue weighted by atomic mass is 9.99. The summed E-state index contributed by atoms with van der Waals surface area (Å²) in [6.07, 6.45) is 0. The Hall–Kier alpha value is -2.08. The van der Waals surface area contributed by atoms with Gasteiger partial charge in [0.2, 0.25) is 5.91 Å². The quantitative estimate of drug-likeness (QED) is 0.850. The van der Waals surface area contributed by atoms with Crippen molar-refractivity contribution < 1.29 is 24.2 Å². The highest BCUT2D eigenvalue weighted by molar-refractivity contribution is 5.89. The predicted octanol–water partition coefficient (Wildman–Crippen LogP) is 0.475. The first-order valence-corrected chi connectivity index (χ1v) is 6.51. The first-order valence-electron chi connectivity index (χ1n) is 6.51. The predicted molar refractivity (Wildman–Crippen MR) is 68.6 cm³/mol. The molecule has 20 heavy (non-hydrogen) atoms. The number of carboxylic acid groups (broad SMARTS) is 1. The van der Waals surface area contributed by atoms with Gasteiger partial charge in [-0.1, -0.05) is 18.2 Å². The molecule has 2 heterocycles. The summed E-state index contributed by atoms with van der Waals surface area (Å²) in [4.78, 5) is 25.2. The molecule has 1 fully saturated rings. The number of morpholine rings is 1. The lowest BCUT2D eigenvalue weighted by Gasteiger charge is -2.34. The summed E-state index contributed by atoms with van der Waals surface area (Å²) >= 11 is 0. The summed E-state index contributed by atoms with van der Waals surface area (Å²) in [6.45, 7) is 0.970. The topological polar surface area (TPSA) is 76.1 Å². The number of rotatable bonds is 2. The van der Waals surface area contributed by atoms with Crippen molar-refractivity contribution in [3.63, 3.8) is 0 Å². The number of carboxylic acids is 1. The normalized spacial score (nSPS) is 24.9. The van der Waals surface area contributed by atoms with Gasteiger partial charge in [0, 0.05) is 12.1 Å². The molecule has 106 valence electrons. The van der Waals surface area contributed by atoms with Gasteiger partial charge >= 0.3 is 5.97 Å². The van der Waals surface area contributed by atoms with Gasteiger partial charge in [0.15, 0.2) is 6.04 Å². The number of hydrogen-bond acceptors (Lipinski definition) is 4. The monoisotopic (exact) mass is 277 g/mol. The van der Waals surface area contributed by atoms with Crippen LogP contribution in [-0.2, 0) is 14.3 Å². The first-order chi connectivity index (χ1) is 9.68. The van der Waals surface area contributed by atoms with Gasteiger partial charge in [-0.25, -0.2) is 4.79 Å². The molecular formula is C14H15NO5. The van der Waals surface area contributed by atoms with E-state index in [1.807, 2.05) is 24.3 Å². The standard InChI is InChI=1S/C14H15NO5/c16-13(15-5-6-19-8-11(15)14(17)18)10-7-20-12-4-2-1-3-9(10)12/h1-4,10-11H,5-8H2,(H,17,18)/t10-,11-/m1/s1. The van der Waals surface area contributed by atoms with Crippen molar-refractivity contribution in [3.8, 4) is 5.75 Å². The molecule has 2 aliphatic heterocycles. The molecule has 0 aromatic heterocycles. The zero-order valence-electron chi connectivity index (χ0n) is 10.8. The zero-order valence-corrected chi connectivity index (χ0v) is 10.8. The van der Waals surface area contributed by atoms with Crippen LogP contribution in [0, 0.1) is 0 Å². The summed E-state index contributed by atoms with van der Waals surface area (Å²) in [5.74, 6) is -0.965. The fraction of sp³-hybridized carbons (Fsp3) is 0.429. The smallest absolute Gasteiger partial charge is 0.328 e. The molecule has 1 amide bonds. The molecule has 0 aliphatic carbocycles. The summed E-state index contributed by atoms with van der Waals surface area (Å²) in [5.41, 5.74) is 0.827. The van der Waals surface area contributed by atoms with E-state index in [1.54, 1.807) is 0 Å². The Labute approximate surface area is 115 Å². The van der Waals surface area contributed by atoms with E-state index in [-0.39, 0.29) is 19.1 Å². The van der Waals surface area contributed by atoms with E-state index >= 15 is 0 Å². The lowest BCUT2D eigenvalue weighted by molar-refractivity contribution is -0.159. The number of ether oxygens (including phenoxy) is 2. The van der Waals surface area contributed by atoms with Gasteiger partial charge in [-0.3, -0.25) is 4.79 Å². The molecule has 0 radical (unpaired) electrons. The number of para-hydroxylation sites is 1. The second-order valence-electron chi connectivity index (χ2n) is 4.86. The van der Waals surface area contributed by atoms with Gasteiger partial charge in [-0.15, -0.1) is 0 Å². The molecule has 0 bridgehead atoms. The molecule has 6 heteroatoms. The summed E-state index contributed by atoms with van der Waals surface area (Å²) < 4.78 is 10.6. The van der Waals surface area contributed by atoms with E-state index in [1.165, 1.54) is 4.90 Å². The van der Waals surface area contributed by atoms with Crippen molar-refractivity contribution in [1.29, 1.82) is 0 Å². The van der Waals surface area contributed by atoms with E-state index in [9.17, 15) is 14.7 Å². The van der Waals surface area contributed by atoms with Crippen molar-refractivity contribution in [2.75, 3.05) is 26.4 Å². The number of hydrogen-bond donors (Lipinski definition) is 1. The highest BCUT2D eigenvalue weighted by Gasteiger charge is 2.39. The van der Waals surface area contributed by atoms with E-state index in [0.717, 1.165) is 5.56 Å².